The zero-order valence-electron chi connectivity index (χ0n) is 13.6. The molecule has 0 amide bonds. The first-order chi connectivity index (χ1) is 12.1. The van der Waals surface area contributed by atoms with Gasteiger partial charge in [-0.3, -0.25) is 0 Å². The summed E-state index contributed by atoms with van der Waals surface area (Å²) in [5, 5.41) is 0. The highest BCUT2D eigenvalue weighted by Gasteiger charge is 2.18. The van der Waals surface area contributed by atoms with Crippen LogP contribution in [-0.4, -0.2) is 39.4 Å². The first kappa shape index (κ1) is 17.4. The summed E-state index contributed by atoms with van der Waals surface area (Å²) in [7, 11) is 0. The minimum atomic E-state index is -0.451. The molecule has 132 valence electrons. The van der Waals surface area contributed by atoms with E-state index in [1.165, 1.54) is 0 Å². The molecule has 1 fully saturated rings. The molecule has 1 aliphatic heterocycles. The summed E-state index contributed by atoms with van der Waals surface area (Å²) < 4.78 is 10.9. The van der Waals surface area contributed by atoms with E-state index in [0.717, 1.165) is 30.1 Å². The highest BCUT2D eigenvalue weighted by atomic mass is 32.2. The number of benzene rings is 1. The van der Waals surface area contributed by atoms with E-state index in [2.05, 4.69) is 15.0 Å². The maximum atomic E-state index is 12.4. The Labute approximate surface area is 149 Å². The fourth-order valence-electron chi connectivity index (χ4n) is 2.45. The lowest BCUT2D eigenvalue weighted by Crippen LogP contribution is -2.12. The average Bonchev–Trinajstić information content (AvgIpc) is 3.11. The summed E-state index contributed by atoms with van der Waals surface area (Å²) >= 11 is 1.59. The van der Waals surface area contributed by atoms with Gasteiger partial charge in [0.15, 0.2) is 12.4 Å². The second-order valence-corrected chi connectivity index (χ2v) is 6.55. The minimum absolute atomic E-state index is 0.00827. The maximum absolute atomic E-state index is 12.4. The van der Waals surface area contributed by atoms with Crippen LogP contribution in [0.2, 0.25) is 0 Å². The molecule has 0 radical (unpaired) electrons. The number of aromatic nitrogens is 3. The molecule has 1 aromatic heterocycles. The highest BCUT2D eigenvalue weighted by molar-refractivity contribution is 7.99. The predicted octanol–water partition coefficient (Wildman–Crippen LogP) is 1.66. The lowest BCUT2D eigenvalue weighted by molar-refractivity contribution is 0.0458. The minimum Gasteiger partial charge on any atom is -0.454 e. The third-order valence-corrected chi connectivity index (χ3v) is 4.81. The van der Waals surface area contributed by atoms with E-state index in [1.54, 1.807) is 23.9 Å². The van der Waals surface area contributed by atoms with Gasteiger partial charge in [-0.2, -0.15) is 15.0 Å². The predicted molar refractivity (Wildman–Crippen MR) is 93.9 cm³/mol. The largest absolute Gasteiger partial charge is 0.454 e. The van der Waals surface area contributed by atoms with Crippen molar-refractivity contribution in [2.24, 2.45) is 0 Å². The van der Waals surface area contributed by atoms with Crippen molar-refractivity contribution in [3.8, 4) is 0 Å². The Balaban J connectivity index is 1.63. The van der Waals surface area contributed by atoms with Gasteiger partial charge < -0.3 is 20.9 Å². The van der Waals surface area contributed by atoms with Crippen molar-refractivity contribution >= 4 is 29.6 Å². The van der Waals surface area contributed by atoms with E-state index in [0.29, 0.717) is 5.56 Å². The van der Waals surface area contributed by atoms with Gasteiger partial charge >= 0.3 is 5.97 Å². The number of nitrogens with zero attached hydrogens (tertiary/aromatic N) is 3. The van der Waals surface area contributed by atoms with Gasteiger partial charge in [-0.25, -0.2) is 4.79 Å². The summed E-state index contributed by atoms with van der Waals surface area (Å²) in [6.45, 7) is 0.688. The highest BCUT2D eigenvalue weighted by Crippen LogP contribution is 2.27. The van der Waals surface area contributed by atoms with Crippen LogP contribution in [0, 0.1) is 0 Å². The molecule has 8 nitrogen and oxygen atoms in total. The van der Waals surface area contributed by atoms with E-state index >= 15 is 0 Å². The van der Waals surface area contributed by atoms with E-state index in [1.807, 2.05) is 12.1 Å². The molecular weight excluding hydrogens is 342 g/mol. The van der Waals surface area contributed by atoms with Crippen LogP contribution in [0.1, 0.15) is 29.0 Å². The summed E-state index contributed by atoms with van der Waals surface area (Å²) in [4.78, 5) is 24.7. The van der Waals surface area contributed by atoms with Crippen LogP contribution in [-0.2, 0) is 16.1 Å². The zero-order valence-corrected chi connectivity index (χ0v) is 14.4. The van der Waals surface area contributed by atoms with Gasteiger partial charge in [0.25, 0.3) is 0 Å². The van der Waals surface area contributed by atoms with Crippen LogP contribution in [0.25, 0.3) is 0 Å². The molecule has 4 N–H and O–H groups in total. The van der Waals surface area contributed by atoms with Crippen molar-refractivity contribution in [1.29, 1.82) is 0 Å². The van der Waals surface area contributed by atoms with Crippen LogP contribution >= 0.6 is 11.8 Å². The van der Waals surface area contributed by atoms with E-state index in [-0.39, 0.29) is 30.4 Å². The number of nitrogens with two attached hydrogens (primary N) is 2. The lowest BCUT2D eigenvalue weighted by atomic mass is 10.2. The molecule has 1 aromatic carbocycles. The summed E-state index contributed by atoms with van der Waals surface area (Å²) in [6, 6.07) is 7.32. The first-order valence-electron chi connectivity index (χ1n) is 7.88. The smallest absolute Gasteiger partial charge is 0.339 e. The fraction of sp³-hybridized carbons (Fsp3) is 0.375. The Kier molecular flexibility index (Phi) is 5.67. The van der Waals surface area contributed by atoms with Gasteiger partial charge in [0.1, 0.15) is 0 Å². The summed E-state index contributed by atoms with van der Waals surface area (Å²) in [5.74, 6) is 0.554. The maximum Gasteiger partial charge on any atom is 0.339 e. The lowest BCUT2D eigenvalue weighted by Gasteiger charge is -2.12. The van der Waals surface area contributed by atoms with Gasteiger partial charge in [-0.1, -0.05) is 12.1 Å². The second-order valence-electron chi connectivity index (χ2n) is 5.49. The van der Waals surface area contributed by atoms with Gasteiger partial charge in [0.05, 0.1) is 11.7 Å². The number of esters is 1. The molecule has 0 aliphatic carbocycles. The Morgan fingerprint density at radius 2 is 2.00 bits per heavy atom. The van der Waals surface area contributed by atoms with Crippen LogP contribution in [0.5, 0.6) is 0 Å². The second kappa shape index (κ2) is 8.13. The van der Waals surface area contributed by atoms with Gasteiger partial charge in [-0.05, 0) is 25.0 Å². The number of hydrogen-bond acceptors (Lipinski definition) is 9. The van der Waals surface area contributed by atoms with Gasteiger partial charge in [-0.15, -0.1) is 11.8 Å². The number of carbonyl (C=O) groups excluding carboxylic acids is 1. The molecule has 1 aliphatic rings. The van der Waals surface area contributed by atoms with Gasteiger partial charge in [0.2, 0.25) is 11.9 Å². The average molecular weight is 361 g/mol. The molecule has 0 bridgehead atoms. The molecule has 0 saturated carbocycles. The molecule has 25 heavy (non-hydrogen) atoms. The molecule has 1 saturated heterocycles. The number of carbonyl (C=O) groups is 1. The first-order valence-corrected chi connectivity index (χ1v) is 8.87. The quantitative estimate of drug-likeness (QED) is 0.583. The third-order valence-electron chi connectivity index (χ3n) is 3.60. The van der Waals surface area contributed by atoms with Gasteiger partial charge in [0, 0.05) is 17.3 Å². The fourth-order valence-corrected chi connectivity index (χ4v) is 3.56. The van der Waals surface area contributed by atoms with Crippen LogP contribution in [0.3, 0.4) is 0 Å². The van der Waals surface area contributed by atoms with E-state index in [9.17, 15) is 4.79 Å². The Hall–Kier alpha value is -2.39. The summed E-state index contributed by atoms with van der Waals surface area (Å²) in [5.41, 5.74) is 11.5. The monoisotopic (exact) mass is 361 g/mol. The number of nitrogen functional groups attached to an aromatic ring is 2. The summed E-state index contributed by atoms with van der Waals surface area (Å²) in [6.07, 6.45) is 2.39. The van der Waals surface area contributed by atoms with Crippen LogP contribution < -0.4 is 11.5 Å². The molecule has 1 atom stereocenters. The molecule has 0 spiro atoms. The molecule has 2 aromatic rings. The van der Waals surface area contributed by atoms with E-state index < -0.39 is 5.97 Å². The number of anilines is 2. The Morgan fingerprint density at radius 3 is 2.72 bits per heavy atom. The van der Waals surface area contributed by atoms with E-state index in [4.69, 9.17) is 20.9 Å². The molecule has 3 rings (SSSR count). The number of rotatable bonds is 6. The van der Waals surface area contributed by atoms with Crippen LogP contribution in [0.15, 0.2) is 29.2 Å². The normalized spacial score (nSPS) is 16.7. The van der Waals surface area contributed by atoms with Crippen molar-refractivity contribution < 1.29 is 14.3 Å². The van der Waals surface area contributed by atoms with Crippen molar-refractivity contribution in [3.05, 3.63) is 35.7 Å². The zero-order chi connectivity index (χ0) is 17.6. The number of ether oxygens (including phenoxy) is 2. The van der Waals surface area contributed by atoms with Crippen molar-refractivity contribution in [3.63, 3.8) is 0 Å². The number of hydrogen-bond donors (Lipinski definition) is 2. The van der Waals surface area contributed by atoms with Crippen LogP contribution in [0.4, 0.5) is 11.9 Å². The molecular formula is C16H19N5O3S. The van der Waals surface area contributed by atoms with Crippen molar-refractivity contribution in [2.45, 2.75) is 30.4 Å². The SMILES string of the molecule is Nc1nc(N)nc(COC(=O)c2ccccc2SC[C@H]2CCCO2)n1. The molecule has 0 unspecified atom stereocenters. The topological polar surface area (TPSA) is 126 Å². The standard InChI is InChI=1S/C16H19N5O3S/c17-15-19-13(20-16(18)21-15)8-24-14(22)11-5-1-2-6-12(11)25-9-10-4-3-7-23-10/h1-2,5-6,10H,3-4,7-9H2,(H4,17,18,19,20,21)/t10-/m1/s1. The third kappa shape index (κ3) is 4.80. The molecule has 2 heterocycles. The Morgan fingerprint density at radius 1 is 1.24 bits per heavy atom. The van der Waals surface area contributed by atoms with Crippen molar-refractivity contribution in [1.82, 2.24) is 15.0 Å². The number of thioether (sulfide) groups is 1. The Bertz CT molecular complexity index is 732. The molecule has 9 heteroatoms. The van der Waals surface area contributed by atoms with Crippen molar-refractivity contribution in [2.75, 3.05) is 23.8 Å².